The number of fused-ring (bicyclic) bond motifs is 1. The van der Waals surface area contributed by atoms with Gasteiger partial charge in [0, 0.05) is 0 Å². The van der Waals surface area contributed by atoms with E-state index in [-0.39, 0.29) is 17.1 Å². The van der Waals surface area contributed by atoms with Crippen LogP contribution in [0.4, 0.5) is 4.39 Å². The molecular weight excluding hydrogens is 203 g/mol. The third-order valence-electron chi connectivity index (χ3n) is 2.00. The summed E-state index contributed by atoms with van der Waals surface area (Å²) in [4.78, 5) is 10.8. The van der Waals surface area contributed by atoms with Gasteiger partial charge in [-0.15, -0.1) is 0 Å². The number of carboxylic acids is 1. The Hall–Kier alpha value is -2.04. The molecule has 0 saturated heterocycles. The van der Waals surface area contributed by atoms with E-state index in [1.807, 2.05) is 0 Å². The fourth-order valence-corrected chi connectivity index (χ4v) is 1.39. The predicted octanol–water partition coefficient (Wildman–Crippen LogP) is 2.28. The quantitative estimate of drug-likeness (QED) is 0.825. The maximum Gasteiger partial charge on any atom is 0.375 e. The van der Waals surface area contributed by atoms with Crippen molar-refractivity contribution in [3.05, 3.63) is 29.8 Å². The van der Waals surface area contributed by atoms with Gasteiger partial charge in [-0.05, 0) is 18.2 Å². The van der Waals surface area contributed by atoms with Gasteiger partial charge >= 0.3 is 5.97 Å². The van der Waals surface area contributed by atoms with Crippen molar-refractivity contribution in [3.63, 3.8) is 0 Å². The van der Waals surface area contributed by atoms with E-state index in [0.29, 0.717) is 5.39 Å². The van der Waals surface area contributed by atoms with Crippen molar-refractivity contribution in [2.75, 3.05) is 7.11 Å². The fraction of sp³-hybridized carbons (Fsp3) is 0.100. The van der Waals surface area contributed by atoms with E-state index in [4.69, 9.17) is 14.3 Å². The van der Waals surface area contributed by atoms with Gasteiger partial charge in [-0.2, -0.15) is 0 Å². The Labute approximate surface area is 83.9 Å². The molecule has 1 heterocycles. The average molecular weight is 210 g/mol. The van der Waals surface area contributed by atoms with Gasteiger partial charge < -0.3 is 14.3 Å². The van der Waals surface area contributed by atoms with Crippen LogP contribution in [0.2, 0.25) is 0 Å². The first kappa shape index (κ1) is 9.51. The van der Waals surface area contributed by atoms with Gasteiger partial charge in [0.15, 0.2) is 5.75 Å². The zero-order chi connectivity index (χ0) is 11.0. The summed E-state index contributed by atoms with van der Waals surface area (Å²) >= 11 is 0. The number of carboxylic acid groups (broad SMARTS) is 1. The Kier molecular flexibility index (Phi) is 2.07. The van der Waals surface area contributed by atoms with Crippen molar-refractivity contribution < 1.29 is 23.4 Å². The fourth-order valence-electron chi connectivity index (χ4n) is 1.39. The summed E-state index contributed by atoms with van der Waals surface area (Å²) in [5, 5.41) is 9.11. The van der Waals surface area contributed by atoms with E-state index < -0.39 is 11.8 Å². The highest BCUT2D eigenvalue weighted by atomic mass is 19.1. The van der Waals surface area contributed by atoms with Crippen LogP contribution in [0.3, 0.4) is 0 Å². The summed E-state index contributed by atoms with van der Waals surface area (Å²) in [6.45, 7) is 0. The molecule has 2 rings (SSSR count). The molecule has 0 spiro atoms. The van der Waals surface area contributed by atoms with Crippen molar-refractivity contribution in [2.45, 2.75) is 0 Å². The monoisotopic (exact) mass is 210 g/mol. The SMILES string of the molecule is COc1c(C(=O)O)oc2ccc(F)cc12. The molecule has 0 atom stereocenters. The standard InChI is InChI=1S/C10H7FO4/c1-14-8-6-4-5(11)2-3-7(6)15-9(8)10(12)13/h2-4H,1H3,(H,12,13). The molecule has 0 bridgehead atoms. The van der Waals surface area contributed by atoms with Crippen LogP contribution >= 0.6 is 0 Å². The Morgan fingerprint density at radius 1 is 1.53 bits per heavy atom. The molecule has 0 fully saturated rings. The molecule has 1 aromatic carbocycles. The number of hydrogen-bond donors (Lipinski definition) is 1. The van der Waals surface area contributed by atoms with Gasteiger partial charge in [0.05, 0.1) is 12.5 Å². The number of benzene rings is 1. The molecule has 15 heavy (non-hydrogen) atoms. The summed E-state index contributed by atoms with van der Waals surface area (Å²) in [5.74, 6) is -2.00. The van der Waals surface area contributed by atoms with Crippen molar-refractivity contribution >= 4 is 16.9 Å². The first-order chi connectivity index (χ1) is 7.13. The molecule has 1 N–H and O–H groups in total. The normalized spacial score (nSPS) is 10.5. The lowest BCUT2D eigenvalue weighted by Gasteiger charge is -1.96. The molecule has 78 valence electrons. The zero-order valence-corrected chi connectivity index (χ0v) is 7.78. The van der Waals surface area contributed by atoms with Crippen LogP contribution in [0, 0.1) is 5.82 Å². The molecule has 4 nitrogen and oxygen atoms in total. The maximum absolute atomic E-state index is 12.9. The second-order valence-electron chi connectivity index (χ2n) is 2.91. The third-order valence-corrected chi connectivity index (χ3v) is 2.00. The summed E-state index contributed by atoms with van der Waals surface area (Å²) in [7, 11) is 1.31. The minimum absolute atomic E-state index is 0.0389. The zero-order valence-electron chi connectivity index (χ0n) is 7.78. The van der Waals surface area contributed by atoms with Crippen molar-refractivity contribution in [3.8, 4) is 5.75 Å². The number of hydrogen-bond acceptors (Lipinski definition) is 3. The van der Waals surface area contributed by atoms with Crippen LogP contribution in [0.25, 0.3) is 11.0 Å². The Morgan fingerprint density at radius 2 is 2.27 bits per heavy atom. The van der Waals surface area contributed by atoms with Gasteiger partial charge in [0.1, 0.15) is 11.4 Å². The number of ether oxygens (including phenoxy) is 1. The highest BCUT2D eigenvalue weighted by molar-refractivity contribution is 5.97. The summed E-state index contributed by atoms with van der Waals surface area (Å²) in [6.07, 6.45) is 0. The molecule has 1 aromatic heterocycles. The Morgan fingerprint density at radius 3 is 2.87 bits per heavy atom. The molecule has 0 amide bonds. The topological polar surface area (TPSA) is 59.7 Å². The van der Waals surface area contributed by atoms with Crippen molar-refractivity contribution in [1.82, 2.24) is 0 Å². The van der Waals surface area contributed by atoms with E-state index in [0.717, 1.165) is 0 Å². The molecule has 5 heteroatoms. The van der Waals surface area contributed by atoms with Crippen molar-refractivity contribution in [2.24, 2.45) is 0 Å². The second kappa shape index (κ2) is 3.27. The van der Waals surface area contributed by atoms with E-state index in [9.17, 15) is 9.18 Å². The summed E-state index contributed by atoms with van der Waals surface area (Å²) in [6, 6.07) is 3.72. The lowest BCUT2D eigenvalue weighted by molar-refractivity contribution is 0.0660. The smallest absolute Gasteiger partial charge is 0.375 e. The minimum Gasteiger partial charge on any atom is -0.492 e. The van der Waals surface area contributed by atoms with Crippen LogP contribution < -0.4 is 4.74 Å². The van der Waals surface area contributed by atoms with Crippen LogP contribution in [-0.4, -0.2) is 18.2 Å². The minimum atomic E-state index is -1.25. The molecule has 0 unspecified atom stereocenters. The Bertz CT molecular complexity index is 529. The number of rotatable bonds is 2. The highest BCUT2D eigenvalue weighted by Crippen LogP contribution is 2.33. The number of carbonyl (C=O) groups is 1. The maximum atomic E-state index is 12.9. The predicted molar refractivity (Wildman–Crippen MR) is 49.7 cm³/mol. The molecule has 0 aliphatic carbocycles. The molecule has 0 aliphatic heterocycles. The summed E-state index contributed by atoms with van der Waals surface area (Å²) in [5.41, 5.74) is 0.283. The molecule has 0 saturated carbocycles. The Balaban J connectivity index is 2.79. The second-order valence-corrected chi connectivity index (χ2v) is 2.91. The van der Waals surface area contributed by atoms with Crippen LogP contribution in [0.5, 0.6) is 5.75 Å². The van der Waals surface area contributed by atoms with E-state index >= 15 is 0 Å². The van der Waals surface area contributed by atoms with Gasteiger partial charge in [-0.3, -0.25) is 0 Å². The molecular formula is C10H7FO4. The molecule has 0 aliphatic rings. The lowest BCUT2D eigenvalue weighted by atomic mass is 10.2. The van der Waals surface area contributed by atoms with E-state index in [2.05, 4.69) is 0 Å². The van der Waals surface area contributed by atoms with E-state index in [1.54, 1.807) is 0 Å². The van der Waals surface area contributed by atoms with Crippen LogP contribution in [0.15, 0.2) is 22.6 Å². The van der Waals surface area contributed by atoms with Gasteiger partial charge in [-0.1, -0.05) is 0 Å². The first-order valence-electron chi connectivity index (χ1n) is 4.13. The van der Waals surface area contributed by atoms with Gasteiger partial charge in [0.2, 0.25) is 0 Å². The number of halogens is 1. The third kappa shape index (κ3) is 1.41. The van der Waals surface area contributed by atoms with Crippen molar-refractivity contribution in [1.29, 1.82) is 0 Å². The van der Waals surface area contributed by atoms with E-state index in [1.165, 1.54) is 25.3 Å². The largest absolute Gasteiger partial charge is 0.492 e. The van der Waals surface area contributed by atoms with Gasteiger partial charge in [-0.25, -0.2) is 9.18 Å². The highest BCUT2D eigenvalue weighted by Gasteiger charge is 2.20. The van der Waals surface area contributed by atoms with Crippen LogP contribution in [-0.2, 0) is 0 Å². The summed E-state index contributed by atoms with van der Waals surface area (Å²) < 4.78 is 22.8. The number of aromatic carboxylic acids is 1. The molecule has 0 radical (unpaired) electrons. The average Bonchev–Trinajstić information content (AvgIpc) is 2.55. The first-order valence-corrected chi connectivity index (χ1v) is 4.13. The lowest BCUT2D eigenvalue weighted by Crippen LogP contribution is -1.96. The molecule has 2 aromatic rings. The number of furan rings is 1. The number of methoxy groups -OCH3 is 1. The van der Waals surface area contributed by atoms with Gasteiger partial charge in [0.25, 0.3) is 5.76 Å². The van der Waals surface area contributed by atoms with Crippen LogP contribution in [0.1, 0.15) is 10.6 Å².